The Labute approximate surface area is 120 Å². The molecule has 1 amide bonds. The van der Waals surface area contributed by atoms with Gasteiger partial charge in [0.1, 0.15) is 5.75 Å². The van der Waals surface area contributed by atoms with Crippen molar-refractivity contribution in [3.63, 3.8) is 0 Å². The fourth-order valence-electron chi connectivity index (χ4n) is 2.86. The molecule has 1 N–H and O–H groups in total. The van der Waals surface area contributed by atoms with Crippen LogP contribution in [0.1, 0.15) is 43.6 Å². The summed E-state index contributed by atoms with van der Waals surface area (Å²) in [5.74, 6) is 0.0902. The molecule has 0 saturated carbocycles. The molecule has 110 valence electrons. The number of aryl methyl sites for hydroxylation is 1. The van der Waals surface area contributed by atoms with Gasteiger partial charge in [0.15, 0.2) is 0 Å². The number of hydrogen-bond donors (Lipinski definition) is 1. The van der Waals surface area contributed by atoms with Gasteiger partial charge in [-0.15, -0.1) is 0 Å². The predicted molar refractivity (Wildman–Crippen MR) is 78.0 cm³/mol. The van der Waals surface area contributed by atoms with Crippen molar-refractivity contribution in [1.29, 1.82) is 0 Å². The number of nitrogens with zero attached hydrogens (tertiary/aromatic N) is 1. The Morgan fingerprint density at radius 1 is 1.20 bits per heavy atom. The number of carbonyl (C=O) groups excluding carboxylic acids is 1. The Hall–Kier alpha value is -1.55. The largest absolute Gasteiger partial charge is 0.508 e. The number of amides is 1. The van der Waals surface area contributed by atoms with E-state index in [1.54, 1.807) is 17.0 Å². The summed E-state index contributed by atoms with van der Waals surface area (Å²) in [7, 11) is 0. The van der Waals surface area contributed by atoms with E-state index in [0.717, 1.165) is 5.56 Å². The summed E-state index contributed by atoms with van der Waals surface area (Å²) in [6, 6.07) is 5.05. The van der Waals surface area contributed by atoms with Crippen molar-refractivity contribution in [3.8, 4) is 5.75 Å². The average molecular weight is 277 g/mol. The van der Waals surface area contributed by atoms with Crippen LogP contribution in [0.4, 0.5) is 0 Å². The molecule has 1 fully saturated rings. The van der Waals surface area contributed by atoms with Crippen LogP contribution in [0.5, 0.6) is 5.75 Å². The minimum absolute atomic E-state index is 0.0650. The van der Waals surface area contributed by atoms with Crippen molar-refractivity contribution in [3.05, 3.63) is 29.3 Å². The second kappa shape index (κ2) is 4.77. The molecule has 1 saturated heterocycles. The van der Waals surface area contributed by atoms with E-state index in [4.69, 9.17) is 4.74 Å². The number of morpholine rings is 1. The maximum Gasteiger partial charge on any atom is 0.254 e. The quantitative estimate of drug-likeness (QED) is 0.858. The van der Waals surface area contributed by atoms with Crippen molar-refractivity contribution in [2.45, 2.75) is 45.8 Å². The SMILES string of the molecule is Cc1ccc(C(=O)N2CC(C)(C)OC(C)(C)C2)cc1O. The standard InChI is InChI=1S/C16H23NO3/c1-11-6-7-12(8-13(11)18)14(19)17-9-15(2,3)20-16(4,5)10-17/h6-8,18H,9-10H2,1-5H3. The molecule has 2 rings (SSSR count). The van der Waals surface area contributed by atoms with Crippen LogP contribution < -0.4 is 0 Å². The molecule has 0 aliphatic carbocycles. The number of rotatable bonds is 1. The first-order chi connectivity index (χ1) is 9.10. The molecule has 0 unspecified atom stereocenters. The van der Waals surface area contributed by atoms with Gasteiger partial charge in [-0.2, -0.15) is 0 Å². The monoisotopic (exact) mass is 277 g/mol. The number of ether oxygens (including phenoxy) is 1. The fourth-order valence-corrected chi connectivity index (χ4v) is 2.86. The Morgan fingerprint density at radius 2 is 1.75 bits per heavy atom. The molecule has 1 heterocycles. The molecular formula is C16H23NO3. The van der Waals surface area contributed by atoms with Crippen LogP contribution in [0.25, 0.3) is 0 Å². The number of phenolic OH excluding ortho intramolecular Hbond substituents is 1. The number of aromatic hydroxyl groups is 1. The molecule has 0 bridgehead atoms. The Morgan fingerprint density at radius 3 is 2.25 bits per heavy atom. The van der Waals surface area contributed by atoms with Gasteiger partial charge in [-0.3, -0.25) is 4.79 Å². The molecule has 0 radical (unpaired) electrons. The van der Waals surface area contributed by atoms with Crippen LogP contribution in [0.2, 0.25) is 0 Å². The molecule has 1 aliphatic rings. The molecule has 4 heteroatoms. The lowest BCUT2D eigenvalue weighted by Gasteiger charge is -2.47. The summed E-state index contributed by atoms with van der Waals surface area (Å²) in [5, 5.41) is 9.76. The Bertz CT molecular complexity index is 519. The summed E-state index contributed by atoms with van der Waals surface area (Å²) >= 11 is 0. The molecule has 1 aromatic carbocycles. The number of phenols is 1. The van der Waals surface area contributed by atoms with E-state index in [1.807, 2.05) is 34.6 Å². The highest BCUT2D eigenvalue weighted by atomic mass is 16.5. The van der Waals surface area contributed by atoms with E-state index in [2.05, 4.69) is 0 Å². The van der Waals surface area contributed by atoms with E-state index in [0.29, 0.717) is 18.7 Å². The van der Waals surface area contributed by atoms with Gasteiger partial charge in [-0.25, -0.2) is 0 Å². The van der Waals surface area contributed by atoms with Crippen molar-refractivity contribution in [2.24, 2.45) is 0 Å². The smallest absolute Gasteiger partial charge is 0.254 e. The third kappa shape index (κ3) is 3.12. The van der Waals surface area contributed by atoms with Crippen LogP contribution in [-0.4, -0.2) is 40.2 Å². The zero-order chi connectivity index (χ0) is 15.1. The lowest BCUT2D eigenvalue weighted by molar-refractivity contribution is -0.171. The highest BCUT2D eigenvalue weighted by Gasteiger charge is 2.40. The molecule has 20 heavy (non-hydrogen) atoms. The lowest BCUT2D eigenvalue weighted by Crippen LogP contribution is -2.58. The molecule has 0 atom stereocenters. The summed E-state index contributed by atoms with van der Waals surface area (Å²) in [6.45, 7) is 10.8. The van der Waals surface area contributed by atoms with E-state index >= 15 is 0 Å². The molecule has 1 aromatic rings. The van der Waals surface area contributed by atoms with Gasteiger partial charge in [0.2, 0.25) is 0 Å². The first kappa shape index (κ1) is 14.9. The van der Waals surface area contributed by atoms with Crippen molar-refractivity contribution in [1.82, 2.24) is 4.90 Å². The maximum absolute atomic E-state index is 12.6. The van der Waals surface area contributed by atoms with Crippen molar-refractivity contribution < 1.29 is 14.6 Å². The van der Waals surface area contributed by atoms with E-state index in [-0.39, 0.29) is 22.9 Å². The van der Waals surface area contributed by atoms with Crippen molar-refractivity contribution in [2.75, 3.05) is 13.1 Å². The first-order valence-corrected chi connectivity index (χ1v) is 6.89. The van der Waals surface area contributed by atoms with E-state index in [1.165, 1.54) is 6.07 Å². The highest BCUT2D eigenvalue weighted by molar-refractivity contribution is 5.95. The van der Waals surface area contributed by atoms with Gasteiger partial charge in [0, 0.05) is 18.7 Å². The van der Waals surface area contributed by atoms with Crippen LogP contribution in [-0.2, 0) is 4.74 Å². The minimum Gasteiger partial charge on any atom is -0.508 e. The normalized spacial score (nSPS) is 20.8. The zero-order valence-corrected chi connectivity index (χ0v) is 12.9. The number of carbonyl (C=O) groups is 1. The van der Waals surface area contributed by atoms with Gasteiger partial charge in [-0.1, -0.05) is 6.07 Å². The third-order valence-corrected chi connectivity index (χ3v) is 3.44. The third-order valence-electron chi connectivity index (χ3n) is 3.44. The fraction of sp³-hybridized carbons (Fsp3) is 0.562. The van der Waals surface area contributed by atoms with Crippen LogP contribution in [0.15, 0.2) is 18.2 Å². The van der Waals surface area contributed by atoms with Gasteiger partial charge in [0.05, 0.1) is 11.2 Å². The van der Waals surface area contributed by atoms with Gasteiger partial charge in [0.25, 0.3) is 5.91 Å². The second-order valence-electron chi connectivity index (χ2n) is 6.78. The number of benzene rings is 1. The van der Waals surface area contributed by atoms with E-state index < -0.39 is 0 Å². The summed E-state index contributed by atoms with van der Waals surface area (Å²) in [5.41, 5.74) is 0.541. The molecule has 0 spiro atoms. The van der Waals surface area contributed by atoms with Crippen LogP contribution >= 0.6 is 0 Å². The zero-order valence-electron chi connectivity index (χ0n) is 12.9. The van der Waals surface area contributed by atoms with Crippen LogP contribution in [0.3, 0.4) is 0 Å². The number of hydrogen-bond acceptors (Lipinski definition) is 3. The molecule has 1 aliphatic heterocycles. The van der Waals surface area contributed by atoms with Gasteiger partial charge < -0.3 is 14.7 Å². The maximum atomic E-state index is 12.6. The van der Waals surface area contributed by atoms with Crippen molar-refractivity contribution >= 4 is 5.91 Å². The first-order valence-electron chi connectivity index (χ1n) is 6.89. The summed E-state index contributed by atoms with van der Waals surface area (Å²) in [6.07, 6.45) is 0. The molecular weight excluding hydrogens is 254 g/mol. The topological polar surface area (TPSA) is 49.8 Å². The molecule has 0 aromatic heterocycles. The summed E-state index contributed by atoms with van der Waals surface area (Å²) in [4.78, 5) is 14.4. The predicted octanol–water partition coefficient (Wildman–Crippen LogP) is 2.73. The Kier molecular flexibility index (Phi) is 3.54. The highest BCUT2D eigenvalue weighted by Crippen LogP contribution is 2.29. The van der Waals surface area contributed by atoms with E-state index in [9.17, 15) is 9.90 Å². The molecule has 4 nitrogen and oxygen atoms in total. The van der Waals surface area contributed by atoms with Gasteiger partial charge >= 0.3 is 0 Å². The van der Waals surface area contributed by atoms with Gasteiger partial charge in [-0.05, 0) is 52.3 Å². The average Bonchev–Trinajstić information content (AvgIpc) is 2.27. The summed E-state index contributed by atoms with van der Waals surface area (Å²) < 4.78 is 5.98. The lowest BCUT2D eigenvalue weighted by atomic mass is 9.98. The minimum atomic E-state index is -0.371. The second-order valence-corrected chi connectivity index (χ2v) is 6.78. The van der Waals surface area contributed by atoms with Crippen LogP contribution in [0, 0.1) is 6.92 Å². The Balaban J connectivity index is 2.26.